The van der Waals surface area contributed by atoms with Gasteiger partial charge < -0.3 is 24.1 Å². The van der Waals surface area contributed by atoms with E-state index < -0.39 is 5.63 Å². The third kappa shape index (κ3) is 4.24. The van der Waals surface area contributed by atoms with Gasteiger partial charge in [0.1, 0.15) is 5.58 Å². The Morgan fingerprint density at radius 3 is 2.50 bits per heavy atom. The van der Waals surface area contributed by atoms with Crippen LogP contribution < -0.4 is 25.3 Å². The van der Waals surface area contributed by atoms with Crippen molar-refractivity contribution in [3.05, 3.63) is 52.9 Å². The first-order valence-corrected chi connectivity index (χ1v) is 11.0. The first kappa shape index (κ1) is 21.6. The average Bonchev–Trinajstić information content (AvgIpc) is 3.27. The Hall–Kier alpha value is -3.59. The van der Waals surface area contributed by atoms with Crippen molar-refractivity contribution in [3.63, 3.8) is 0 Å². The molecular weight excluding hydrogens is 428 g/mol. The topological polar surface area (TPSA) is 89.7 Å². The third-order valence-corrected chi connectivity index (χ3v) is 6.01. The first-order chi connectivity index (χ1) is 15.6. The van der Waals surface area contributed by atoms with Gasteiger partial charge in [-0.1, -0.05) is 11.3 Å². The van der Waals surface area contributed by atoms with E-state index in [2.05, 4.69) is 34.3 Å². The van der Waals surface area contributed by atoms with Crippen LogP contribution in [0.3, 0.4) is 0 Å². The van der Waals surface area contributed by atoms with Crippen LogP contribution in [-0.4, -0.2) is 37.5 Å². The number of benzene rings is 2. The molecule has 0 atom stereocenters. The molecule has 9 heteroatoms. The number of ether oxygens (including phenoxy) is 2. The maximum atomic E-state index is 12.7. The van der Waals surface area contributed by atoms with Crippen molar-refractivity contribution >= 4 is 38.8 Å². The summed E-state index contributed by atoms with van der Waals surface area (Å²) in [6.07, 6.45) is 0. The molecule has 0 aliphatic carbocycles. The molecule has 8 nitrogen and oxygen atoms in total. The van der Waals surface area contributed by atoms with E-state index in [9.17, 15) is 4.79 Å². The summed E-state index contributed by atoms with van der Waals surface area (Å²) in [5, 5.41) is 13.4. The van der Waals surface area contributed by atoms with Crippen molar-refractivity contribution in [1.29, 1.82) is 0 Å². The molecule has 0 unspecified atom stereocenters. The van der Waals surface area contributed by atoms with Gasteiger partial charge in [0.25, 0.3) is 0 Å². The van der Waals surface area contributed by atoms with Crippen LogP contribution in [0.5, 0.6) is 11.5 Å². The molecule has 2 aromatic heterocycles. The van der Waals surface area contributed by atoms with Gasteiger partial charge in [0.05, 0.1) is 19.8 Å². The minimum Gasteiger partial charge on any atom is -0.493 e. The second-order valence-electron chi connectivity index (χ2n) is 6.95. The summed E-state index contributed by atoms with van der Waals surface area (Å²) in [7, 11) is 3.16. The van der Waals surface area contributed by atoms with Crippen molar-refractivity contribution in [3.8, 4) is 22.1 Å². The molecule has 0 bridgehead atoms. The molecule has 32 heavy (non-hydrogen) atoms. The van der Waals surface area contributed by atoms with Gasteiger partial charge >= 0.3 is 5.63 Å². The van der Waals surface area contributed by atoms with Gasteiger partial charge in [-0.2, -0.15) is 0 Å². The minimum absolute atomic E-state index is 0.381. The average molecular weight is 453 g/mol. The zero-order chi connectivity index (χ0) is 22.7. The molecule has 4 aromatic rings. The standard InChI is InChI=1S/C23H24N4O4S/c1-5-27(6-2)16-9-7-14-11-17(22(28)31-19(14)13-16)21-25-26-23(32-21)24-15-8-10-18(29-3)20(12-15)30-4/h7-13H,5-6H2,1-4H3,(H,24,26). The van der Waals surface area contributed by atoms with E-state index in [4.69, 9.17) is 13.9 Å². The predicted octanol–water partition coefficient (Wildman–Crippen LogP) is 4.92. The molecule has 1 N–H and O–H groups in total. The largest absolute Gasteiger partial charge is 0.493 e. The highest BCUT2D eigenvalue weighted by molar-refractivity contribution is 7.18. The fourth-order valence-electron chi connectivity index (χ4n) is 3.45. The highest BCUT2D eigenvalue weighted by Gasteiger charge is 2.15. The molecule has 0 saturated carbocycles. The summed E-state index contributed by atoms with van der Waals surface area (Å²) in [5.74, 6) is 1.23. The molecule has 0 saturated heterocycles. The van der Waals surface area contributed by atoms with Gasteiger partial charge in [-0.25, -0.2) is 4.79 Å². The molecular formula is C23H24N4O4S. The van der Waals surface area contributed by atoms with E-state index in [0.29, 0.717) is 32.8 Å². The quantitative estimate of drug-likeness (QED) is 0.377. The number of anilines is 3. The zero-order valence-electron chi connectivity index (χ0n) is 18.3. The second kappa shape index (κ2) is 9.27. The van der Waals surface area contributed by atoms with Crippen molar-refractivity contribution in [2.24, 2.45) is 0 Å². The Balaban J connectivity index is 1.62. The van der Waals surface area contributed by atoms with Gasteiger partial charge in [0, 0.05) is 42.0 Å². The molecule has 4 rings (SSSR count). The molecule has 0 aliphatic rings. The maximum absolute atomic E-state index is 12.7. The molecule has 0 radical (unpaired) electrons. The lowest BCUT2D eigenvalue weighted by molar-refractivity contribution is 0.355. The van der Waals surface area contributed by atoms with Crippen molar-refractivity contribution in [2.75, 3.05) is 37.5 Å². The van der Waals surface area contributed by atoms with E-state index in [1.165, 1.54) is 11.3 Å². The smallest absolute Gasteiger partial charge is 0.346 e. The Bertz CT molecular complexity index is 1300. The van der Waals surface area contributed by atoms with Crippen molar-refractivity contribution < 1.29 is 13.9 Å². The molecule has 0 spiro atoms. The summed E-state index contributed by atoms with van der Waals surface area (Å²) in [6, 6.07) is 13.1. The number of rotatable bonds is 8. The lowest BCUT2D eigenvalue weighted by Crippen LogP contribution is -2.21. The zero-order valence-corrected chi connectivity index (χ0v) is 19.2. The molecule has 2 heterocycles. The minimum atomic E-state index is -0.442. The second-order valence-corrected chi connectivity index (χ2v) is 7.93. The van der Waals surface area contributed by atoms with Crippen LogP contribution in [0.25, 0.3) is 21.5 Å². The van der Waals surface area contributed by atoms with Gasteiger partial charge in [0.2, 0.25) is 5.13 Å². The fraction of sp³-hybridized carbons (Fsp3) is 0.261. The summed E-state index contributed by atoms with van der Waals surface area (Å²) in [6.45, 7) is 5.95. The Labute approximate surface area is 189 Å². The molecule has 0 amide bonds. The Morgan fingerprint density at radius 2 is 1.78 bits per heavy atom. The summed E-state index contributed by atoms with van der Waals surface area (Å²) in [5.41, 5.74) is 2.28. The fourth-order valence-corrected chi connectivity index (χ4v) is 4.22. The van der Waals surface area contributed by atoms with Gasteiger partial charge in [-0.3, -0.25) is 0 Å². The van der Waals surface area contributed by atoms with E-state index in [0.717, 1.165) is 29.9 Å². The monoisotopic (exact) mass is 452 g/mol. The normalized spacial score (nSPS) is 10.9. The van der Waals surface area contributed by atoms with E-state index in [-0.39, 0.29) is 0 Å². The van der Waals surface area contributed by atoms with E-state index in [1.54, 1.807) is 32.4 Å². The van der Waals surface area contributed by atoms with Crippen LogP contribution in [0.4, 0.5) is 16.5 Å². The number of methoxy groups -OCH3 is 2. The number of fused-ring (bicyclic) bond motifs is 1. The number of nitrogens with one attached hydrogen (secondary N) is 1. The highest BCUT2D eigenvalue weighted by Crippen LogP contribution is 2.33. The first-order valence-electron chi connectivity index (χ1n) is 10.2. The van der Waals surface area contributed by atoms with Crippen LogP contribution in [0.2, 0.25) is 0 Å². The number of hydrogen-bond acceptors (Lipinski definition) is 9. The lowest BCUT2D eigenvalue weighted by atomic mass is 10.1. The van der Waals surface area contributed by atoms with E-state index in [1.807, 2.05) is 24.3 Å². The van der Waals surface area contributed by atoms with Gasteiger partial charge in [-0.05, 0) is 44.2 Å². The number of nitrogens with zero attached hydrogens (tertiary/aromatic N) is 3. The van der Waals surface area contributed by atoms with Crippen LogP contribution in [-0.2, 0) is 0 Å². The van der Waals surface area contributed by atoms with Crippen molar-refractivity contribution in [2.45, 2.75) is 13.8 Å². The Morgan fingerprint density at radius 1 is 1.00 bits per heavy atom. The lowest BCUT2D eigenvalue weighted by Gasteiger charge is -2.20. The highest BCUT2D eigenvalue weighted by atomic mass is 32.1. The third-order valence-electron chi connectivity index (χ3n) is 5.14. The molecule has 0 fully saturated rings. The summed E-state index contributed by atoms with van der Waals surface area (Å²) < 4.78 is 16.2. The van der Waals surface area contributed by atoms with Crippen LogP contribution in [0, 0.1) is 0 Å². The van der Waals surface area contributed by atoms with Crippen LogP contribution in [0.1, 0.15) is 13.8 Å². The SMILES string of the molecule is CCN(CC)c1ccc2cc(-c3nnc(Nc4ccc(OC)c(OC)c4)s3)c(=O)oc2c1. The van der Waals surface area contributed by atoms with Crippen LogP contribution in [0.15, 0.2) is 51.7 Å². The summed E-state index contributed by atoms with van der Waals surface area (Å²) in [4.78, 5) is 14.9. The molecule has 0 aliphatic heterocycles. The summed E-state index contributed by atoms with van der Waals surface area (Å²) >= 11 is 1.27. The maximum Gasteiger partial charge on any atom is 0.346 e. The van der Waals surface area contributed by atoms with Gasteiger partial charge in [0.15, 0.2) is 16.5 Å². The number of aromatic nitrogens is 2. The van der Waals surface area contributed by atoms with Crippen LogP contribution >= 0.6 is 11.3 Å². The Kier molecular flexibility index (Phi) is 6.27. The number of hydrogen-bond donors (Lipinski definition) is 1. The van der Waals surface area contributed by atoms with Crippen molar-refractivity contribution in [1.82, 2.24) is 10.2 Å². The van der Waals surface area contributed by atoms with E-state index >= 15 is 0 Å². The van der Waals surface area contributed by atoms with Gasteiger partial charge in [-0.15, -0.1) is 10.2 Å². The predicted molar refractivity (Wildman–Crippen MR) is 128 cm³/mol. The molecule has 166 valence electrons. The molecule has 2 aromatic carbocycles.